The molecule has 0 radical (unpaired) electrons. The second kappa shape index (κ2) is 10.3. The van der Waals surface area contributed by atoms with Crippen molar-refractivity contribution in [3.8, 4) is 0 Å². The van der Waals surface area contributed by atoms with E-state index < -0.39 is 0 Å². The number of rotatable bonds is 5. The standard InChI is InChI=1S/C21H32N4O2S/c1-2-17-20(27)22-18(23-21(17)28)10-11-19(26)25-14-12-24(13-15-25)16-8-6-4-3-5-7-9-16/h2,16H,1,3-15H2,(H2,22,23,27,28). The fourth-order valence-electron chi connectivity index (χ4n) is 4.34. The van der Waals surface area contributed by atoms with E-state index in [-0.39, 0.29) is 11.5 Å². The molecule has 0 atom stereocenters. The second-order valence-corrected chi connectivity index (χ2v) is 8.29. The van der Waals surface area contributed by atoms with E-state index in [2.05, 4.69) is 34.1 Å². The molecule has 0 bridgehead atoms. The van der Waals surface area contributed by atoms with Crippen LogP contribution in [0.4, 0.5) is 0 Å². The molecule has 28 heavy (non-hydrogen) atoms. The van der Waals surface area contributed by atoms with E-state index in [4.69, 9.17) is 0 Å². The van der Waals surface area contributed by atoms with Crippen molar-refractivity contribution in [1.82, 2.24) is 19.8 Å². The first-order chi connectivity index (χ1) is 13.6. The van der Waals surface area contributed by atoms with Crippen LogP contribution in [0.5, 0.6) is 0 Å². The van der Waals surface area contributed by atoms with Crippen molar-refractivity contribution < 1.29 is 4.79 Å². The fraction of sp³-hybridized carbons (Fsp3) is 0.667. The van der Waals surface area contributed by atoms with E-state index in [1.165, 1.54) is 51.0 Å². The zero-order chi connectivity index (χ0) is 19.9. The highest BCUT2D eigenvalue weighted by Gasteiger charge is 2.26. The number of aryl methyl sites for hydroxylation is 1. The van der Waals surface area contributed by atoms with Crippen molar-refractivity contribution in [2.24, 2.45) is 0 Å². The summed E-state index contributed by atoms with van der Waals surface area (Å²) in [6, 6.07) is 0.698. The summed E-state index contributed by atoms with van der Waals surface area (Å²) in [6.45, 7) is 7.13. The highest BCUT2D eigenvalue weighted by atomic mass is 32.1. The van der Waals surface area contributed by atoms with Crippen molar-refractivity contribution >= 4 is 24.6 Å². The van der Waals surface area contributed by atoms with Gasteiger partial charge in [-0.05, 0) is 12.8 Å². The lowest BCUT2D eigenvalue weighted by molar-refractivity contribution is -0.133. The molecule has 6 nitrogen and oxygen atoms in total. The molecule has 1 saturated carbocycles. The van der Waals surface area contributed by atoms with E-state index >= 15 is 0 Å². The smallest absolute Gasteiger partial charge is 0.259 e. The van der Waals surface area contributed by atoms with Gasteiger partial charge in [-0.2, -0.15) is 0 Å². The van der Waals surface area contributed by atoms with E-state index in [0.29, 0.717) is 35.3 Å². The normalized spacial score (nSPS) is 19.8. The average Bonchev–Trinajstić information content (AvgIpc) is 2.66. The van der Waals surface area contributed by atoms with Gasteiger partial charge in [-0.25, -0.2) is 4.98 Å². The molecule has 2 fully saturated rings. The SMILES string of the molecule is C=Cc1c(S)nc(CCC(=O)N2CCN(C3CCCCCCC3)CC2)[nH]c1=O. The minimum atomic E-state index is -0.259. The highest BCUT2D eigenvalue weighted by Crippen LogP contribution is 2.22. The third-order valence-corrected chi connectivity index (χ3v) is 6.36. The number of nitrogens with zero attached hydrogens (tertiary/aromatic N) is 3. The van der Waals surface area contributed by atoms with Gasteiger partial charge in [-0.3, -0.25) is 14.5 Å². The van der Waals surface area contributed by atoms with E-state index in [1.807, 2.05) is 4.90 Å². The number of aromatic amines is 1. The van der Waals surface area contributed by atoms with Crippen LogP contribution in [0.2, 0.25) is 0 Å². The number of piperazine rings is 1. The van der Waals surface area contributed by atoms with Gasteiger partial charge in [-0.1, -0.05) is 44.8 Å². The summed E-state index contributed by atoms with van der Waals surface area (Å²) in [5.74, 6) is 0.635. The minimum absolute atomic E-state index is 0.133. The Morgan fingerprint density at radius 2 is 1.79 bits per heavy atom. The number of amides is 1. The molecule has 2 aliphatic rings. The predicted octanol–water partition coefficient (Wildman–Crippen LogP) is 2.89. The van der Waals surface area contributed by atoms with Crippen molar-refractivity contribution in [2.75, 3.05) is 26.2 Å². The summed E-state index contributed by atoms with van der Waals surface area (Å²) in [5, 5.41) is 0.356. The molecule has 1 saturated heterocycles. The summed E-state index contributed by atoms with van der Waals surface area (Å²) in [6.07, 6.45) is 11.6. The highest BCUT2D eigenvalue weighted by molar-refractivity contribution is 7.80. The van der Waals surface area contributed by atoms with Gasteiger partial charge in [0.05, 0.1) is 5.56 Å². The van der Waals surface area contributed by atoms with Gasteiger partial charge in [0.15, 0.2) is 0 Å². The first-order valence-electron chi connectivity index (χ1n) is 10.5. The van der Waals surface area contributed by atoms with Crippen LogP contribution >= 0.6 is 12.6 Å². The molecule has 0 spiro atoms. The summed E-state index contributed by atoms with van der Waals surface area (Å²) in [4.78, 5) is 36.1. The first-order valence-corrected chi connectivity index (χ1v) is 11.0. The topological polar surface area (TPSA) is 69.3 Å². The average molecular weight is 405 g/mol. The van der Waals surface area contributed by atoms with Crippen LogP contribution in [-0.4, -0.2) is 57.9 Å². The molecule has 0 aromatic carbocycles. The molecule has 1 aromatic rings. The quantitative estimate of drug-likeness (QED) is 0.585. The molecule has 1 amide bonds. The first kappa shape index (κ1) is 21.1. The maximum atomic E-state index is 12.6. The largest absolute Gasteiger partial charge is 0.340 e. The Labute approximate surface area is 172 Å². The number of aromatic nitrogens is 2. The summed E-state index contributed by atoms with van der Waals surface area (Å²) < 4.78 is 0. The molecular weight excluding hydrogens is 372 g/mol. The lowest BCUT2D eigenvalue weighted by Gasteiger charge is -2.40. The number of nitrogens with one attached hydrogen (secondary N) is 1. The lowest BCUT2D eigenvalue weighted by atomic mass is 9.95. The fourth-order valence-corrected chi connectivity index (χ4v) is 4.65. The van der Waals surface area contributed by atoms with Crippen LogP contribution in [0.3, 0.4) is 0 Å². The Morgan fingerprint density at radius 3 is 2.39 bits per heavy atom. The van der Waals surface area contributed by atoms with Crippen molar-refractivity contribution in [3.05, 3.63) is 28.3 Å². The van der Waals surface area contributed by atoms with Crippen LogP contribution in [-0.2, 0) is 11.2 Å². The molecule has 0 unspecified atom stereocenters. The van der Waals surface area contributed by atoms with Crippen LogP contribution in [0.1, 0.15) is 62.8 Å². The molecule has 1 N–H and O–H groups in total. The Morgan fingerprint density at radius 1 is 1.14 bits per heavy atom. The Kier molecular flexibility index (Phi) is 7.73. The van der Waals surface area contributed by atoms with Crippen LogP contribution in [0.25, 0.3) is 6.08 Å². The Hall–Kier alpha value is -1.60. The maximum Gasteiger partial charge on any atom is 0.259 e. The van der Waals surface area contributed by atoms with Crippen LogP contribution in [0.15, 0.2) is 16.4 Å². The molecule has 1 aliphatic carbocycles. The number of thiol groups is 1. The van der Waals surface area contributed by atoms with Gasteiger partial charge in [-0.15, -0.1) is 12.6 Å². The van der Waals surface area contributed by atoms with Gasteiger partial charge >= 0.3 is 0 Å². The van der Waals surface area contributed by atoms with Gasteiger partial charge in [0.2, 0.25) is 5.91 Å². The number of H-pyrrole nitrogens is 1. The lowest BCUT2D eigenvalue weighted by Crippen LogP contribution is -2.52. The zero-order valence-electron chi connectivity index (χ0n) is 16.7. The zero-order valence-corrected chi connectivity index (χ0v) is 17.6. The third kappa shape index (κ3) is 5.47. The molecule has 3 rings (SSSR count). The van der Waals surface area contributed by atoms with Gasteiger partial charge in [0, 0.05) is 45.1 Å². The van der Waals surface area contributed by atoms with Gasteiger partial charge < -0.3 is 9.88 Å². The van der Waals surface area contributed by atoms with Crippen LogP contribution in [0, 0.1) is 0 Å². The number of carbonyl (C=O) groups excluding carboxylic acids is 1. The molecule has 1 aromatic heterocycles. The van der Waals surface area contributed by atoms with E-state index in [1.54, 1.807) is 0 Å². The van der Waals surface area contributed by atoms with Gasteiger partial charge in [0.25, 0.3) is 5.56 Å². The number of hydrogen-bond acceptors (Lipinski definition) is 5. The summed E-state index contributed by atoms with van der Waals surface area (Å²) in [7, 11) is 0. The Bertz CT molecular complexity index is 732. The second-order valence-electron chi connectivity index (χ2n) is 7.87. The van der Waals surface area contributed by atoms with E-state index in [9.17, 15) is 9.59 Å². The van der Waals surface area contributed by atoms with Crippen LogP contribution < -0.4 is 5.56 Å². The Balaban J connectivity index is 1.47. The minimum Gasteiger partial charge on any atom is -0.340 e. The van der Waals surface area contributed by atoms with Crippen molar-refractivity contribution in [1.29, 1.82) is 0 Å². The molecular formula is C21H32N4O2S. The van der Waals surface area contributed by atoms with Gasteiger partial charge in [0.1, 0.15) is 10.9 Å². The predicted molar refractivity (Wildman–Crippen MR) is 115 cm³/mol. The third-order valence-electron chi connectivity index (χ3n) is 6.02. The summed E-state index contributed by atoms with van der Waals surface area (Å²) in [5.41, 5.74) is 0.106. The summed E-state index contributed by atoms with van der Waals surface area (Å²) >= 11 is 4.23. The molecule has 2 heterocycles. The monoisotopic (exact) mass is 404 g/mol. The molecule has 1 aliphatic heterocycles. The van der Waals surface area contributed by atoms with Crippen molar-refractivity contribution in [3.63, 3.8) is 0 Å². The maximum absolute atomic E-state index is 12.6. The van der Waals surface area contributed by atoms with E-state index in [0.717, 1.165) is 26.2 Å². The number of carbonyl (C=O) groups is 1. The molecule has 7 heteroatoms. The van der Waals surface area contributed by atoms with Crippen molar-refractivity contribution in [2.45, 2.75) is 68.9 Å². The molecule has 154 valence electrons. The number of hydrogen-bond donors (Lipinski definition) is 2.